The van der Waals surface area contributed by atoms with Gasteiger partial charge in [0.2, 0.25) is 0 Å². The molecule has 0 unspecified atom stereocenters. The van der Waals surface area contributed by atoms with E-state index in [1.54, 1.807) is 12.3 Å². The van der Waals surface area contributed by atoms with E-state index < -0.39 is 5.97 Å². The van der Waals surface area contributed by atoms with Crippen LogP contribution in [0.1, 0.15) is 37.0 Å². The topological polar surface area (TPSA) is 67.5 Å². The van der Waals surface area contributed by atoms with E-state index in [1.165, 1.54) is 10.6 Å². The number of rotatable bonds is 2. The van der Waals surface area contributed by atoms with E-state index in [1.807, 2.05) is 0 Å². The molecule has 0 fully saturated rings. The van der Waals surface area contributed by atoms with E-state index in [9.17, 15) is 4.79 Å². The number of hydrogen-bond donors (Lipinski definition) is 1. The summed E-state index contributed by atoms with van der Waals surface area (Å²) in [5, 5.41) is 13.3. The third-order valence-electron chi connectivity index (χ3n) is 2.33. The zero-order valence-corrected chi connectivity index (χ0v) is 10.1. The van der Waals surface area contributed by atoms with Crippen molar-refractivity contribution in [3.8, 4) is 0 Å². The molecule has 2 rings (SSSR count). The Hall–Kier alpha value is -1.91. The molecular weight excluding hydrogens is 218 g/mol. The highest BCUT2D eigenvalue weighted by Crippen LogP contribution is 2.19. The Morgan fingerprint density at radius 2 is 2.18 bits per heavy atom. The third kappa shape index (κ3) is 2.43. The van der Waals surface area contributed by atoms with Crippen LogP contribution in [-0.2, 0) is 6.42 Å². The molecule has 0 aliphatic carbocycles. The fourth-order valence-corrected chi connectivity index (χ4v) is 1.67. The standard InChI is InChI=1S/C12H15N3O2/c1-12(2,3)7-9-13-10-8(11(16)17)5-4-6-15(10)14-9/h4-6H,7H2,1-3H3,(H,16,17). The van der Waals surface area contributed by atoms with Crippen molar-refractivity contribution in [1.82, 2.24) is 14.6 Å². The Labute approximate surface area is 99.1 Å². The average molecular weight is 233 g/mol. The molecule has 5 nitrogen and oxygen atoms in total. The van der Waals surface area contributed by atoms with E-state index in [0.717, 1.165) is 0 Å². The summed E-state index contributed by atoms with van der Waals surface area (Å²) in [4.78, 5) is 15.3. The molecule has 90 valence electrons. The van der Waals surface area contributed by atoms with Gasteiger partial charge in [0.1, 0.15) is 5.56 Å². The Morgan fingerprint density at radius 3 is 2.76 bits per heavy atom. The zero-order valence-electron chi connectivity index (χ0n) is 10.1. The van der Waals surface area contributed by atoms with Crippen LogP contribution in [0.4, 0.5) is 0 Å². The molecule has 0 aromatic carbocycles. The van der Waals surface area contributed by atoms with Crippen molar-refractivity contribution in [2.24, 2.45) is 5.41 Å². The lowest BCUT2D eigenvalue weighted by Crippen LogP contribution is -2.10. The number of nitrogens with zero attached hydrogens (tertiary/aromatic N) is 3. The van der Waals surface area contributed by atoms with Gasteiger partial charge in [-0.1, -0.05) is 20.8 Å². The molecule has 1 N–H and O–H groups in total. The zero-order chi connectivity index (χ0) is 12.6. The monoisotopic (exact) mass is 233 g/mol. The van der Waals surface area contributed by atoms with Gasteiger partial charge in [-0.3, -0.25) is 0 Å². The van der Waals surface area contributed by atoms with Crippen molar-refractivity contribution < 1.29 is 9.90 Å². The van der Waals surface area contributed by atoms with E-state index >= 15 is 0 Å². The molecule has 0 saturated carbocycles. The first-order chi connectivity index (χ1) is 7.87. The lowest BCUT2D eigenvalue weighted by Gasteiger charge is -2.14. The van der Waals surface area contributed by atoms with Crippen LogP contribution in [0.3, 0.4) is 0 Å². The molecule has 0 aliphatic rings. The van der Waals surface area contributed by atoms with Crippen molar-refractivity contribution in [2.45, 2.75) is 27.2 Å². The fraction of sp³-hybridized carbons (Fsp3) is 0.417. The number of aromatic nitrogens is 3. The summed E-state index contributed by atoms with van der Waals surface area (Å²) in [7, 11) is 0. The maximum Gasteiger partial charge on any atom is 0.339 e. The van der Waals surface area contributed by atoms with Crippen LogP contribution in [0.25, 0.3) is 5.65 Å². The molecule has 0 radical (unpaired) electrons. The number of hydrogen-bond acceptors (Lipinski definition) is 3. The van der Waals surface area contributed by atoms with Gasteiger partial charge in [0.05, 0.1) is 0 Å². The number of aromatic carboxylic acids is 1. The van der Waals surface area contributed by atoms with Gasteiger partial charge in [-0.15, -0.1) is 0 Å². The maximum absolute atomic E-state index is 11.0. The molecule has 2 aromatic heterocycles. The Kier molecular flexibility index (Phi) is 2.61. The Bertz CT molecular complexity index is 567. The predicted molar refractivity (Wildman–Crippen MR) is 63.1 cm³/mol. The summed E-state index contributed by atoms with van der Waals surface area (Å²) in [6.07, 6.45) is 2.43. The summed E-state index contributed by atoms with van der Waals surface area (Å²) in [6, 6.07) is 3.19. The van der Waals surface area contributed by atoms with Crippen LogP contribution in [0.5, 0.6) is 0 Å². The van der Waals surface area contributed by atoms with Crippen LogP contribution in [0.15, 0.2) is 18.3 Å². The van der Waals surface area contributed by atoms with Crippen LogP contribution in [0, 0.1) is 5.41 Å². The van der Waals surface area contributed by atoms with E-state index in [-0.39, 0.29) is 11.0 Å². The highest BCUT2D eigenvalue weighted by Gasteiger charge is 2.17. The number of fused-ring (bicyclic) bond motifs is 1. The maximum atomic E-state index is 11.0. The fourth-order valence-electron chi connectivity index (χ4n) is 1.67. The van der Waals surface area contributed by atoms with Crippen molar-refractivity contribution in [3.63, 3.8) is 0 Å². The van der Waals surface area contributed by atoms with Crippen LogP contribution >= 0.6 is 0 Å². The molecule has 2 aromatic rings. The second-order valence-corrected chi connectivity index (χ2v) is 5.26. The first-order valence-electron chi connectivity index (χ1n) is 5.44. The molecule has 0 spiro atoms. The predicted octanol–water partition coefficient (Wildman–Crippen LogP) is 2.02. The molecule has 0 atom stereocenters. The van der Waals surface area contributed by atoms with Crippen LogP contribution in [-0.4, -0.2) is 25.7 Å². The second kappa shape index (κ2) is 3.84. The van der Waals surface area contributed by atoms with Crippen LogP contribution in [0.2, 0.25) is 0 Å². The lowest BCUT2D eigenvalue weighted by atomic mass is 9.92. The van der Waals surface area contributed by atoms with Gasteiger partial charge in [0.15, 0.2) is 11.5 Å². The minimum Gasteiger partial charge on any atom is -0.478 e. The minimum absolute atomic E-state index is 0.0777. The number of carbonyl (C=O) groups is 1. The van der Waals surface area contributed by atoms with Crippen molar-refractivity contribution in [3.05, 3.63) is 29.7 Å². The summed E-state index contributed by atoms with van der Waals surface area (Å²) in [6.45, 7) is 6.28. The lowest BCUT2D eigenvalue weighted by molar-refractivity contribution is 0.0698. The Morgan fingerprint density at radius 1 is 1.47 bits per heavy atom. The molecule has 0 amide bonds. The number of carboxylic acid groups (broad SMARTS) is 1. The summed E-state index contributed by atoms with van der Waals surface area (Å²) >= 11 is 0. The quantitative estimate of drug-likeness (QED) is 0.861. The van der Waals surface area contributed by atoms with Crippen molar-refractivity contribution in [1.29, 1.82) is 0 Å². The smallest absolute Gasteiger partial charge is 0.339 e. The average Bonchev–Trinajstić information content (AvgIpc) is 2.55. The summed E-state index contributed by atoms with van der Waals surface area (Å²) in [5.41, 5.74) is 0.660. The van der Waals surface area contributed by atoms with E-state index in [0.29, 0.717) is 17.9 Å². The summed E-state index contributed by atoms with van der Waals surface area (Å²) in [5.74, 6) is -0.309. The van der Waals surface area contributed by atoms with Gasteiger partial charge in [-0.2, -0.15) is 5.10 Å². The second-order valence-electron chi connectivity index (χ2n) is 5.26. The van der Waals surface area contributed by atoms with Gasteiger partial charge in [0, 0.05) is 12.6 Å². The molecule has 17 heavy (non-hydrogen) atoms. The highest BCUT2D eigenvalue weighted by atomic mass is 16.4. The van der Waals surface area contributed by atoms with Gasteiger partial charge in [-0.25, -0.2) is 14.3 Å². The summed E-state index contributed by atoms with van der Waals surface area (Å²) < 4.78 is 1.52. The van der Waals surface area contributed by atoms with Gasteiger partial charge < -0.3 is 5.11 Å². The molecule has 2 heterocycles. The third-order valence-corrected chi connectivity index (χ3v) is 2.33. The molecule has 5 heteroatoms. The first-order valence-corrected chi connectivity index (χ1v) is 5.44. The van der Waals surface area contributed by atoms with Crippen molar-refractivity contribution >= 4 is 11.6 Å². The Balaban J connectivity index is 2.50. The molecule has 0 saturated heterocycles. The van der Waals surface area contributed by atoms with E-state index in [2.05, 4.69) is 30.9 Å². The highest BCUT2D eigenvalue weighted by molar-refractivity contribution is 5.94. The minimum atomic E-state index is -0.981. The molecule has 0 bridgehead atoms. The van der Waals surface area contributed by atoms with Gasteiger partial charge >= 0.3 is 5.97 Å². The van der Waals surface area contributed by atoms with Crippen LogP contribution < -0.4 is 0 Å². The normalized spacial score (nSPS) is 11.9. The van der Waals surface area contributed by atoms with Gasteiger partial charge in [-0.05, 0) is 17.5 Å². The largest absolute Gasteiger partial charge is 0.478 e. The molecule has 0 aliphatic heterocycles. The number of pyridine rings is 1. The van der Waals surface area contributed by atoms with E-state index in [4.69, 9.17) is 5.11 Å². The van der Waals surface area contributed by atoms with Crippen molar-refractivity contribution in [2.75, 3.05) is 0 Å². The first kappa shape index (κ1) is 11.6. The number of carboxylic acids is 1. The van der Waals surface area contributed by atoms with Gasteiger partial charge in [0.25, 0.3) is 0 Å². The molecular formula is C12H15N3O2. The SMILES string of the molecule is CC(C)(C)Cc1nc2c(C(=O)O)cccn2n1.